The van der Waals surface area contributed by atoms with Crippen LogP contribution in [0.4, 0.5) is 0 Å². The average Bonchev–Trinajstić information content (AvgIpc) is 3.12. The van der Waals surface area contributed by atoms with Crippen LogP contribution in [0.15, 0.2) is 53.3 Å². The van der Waals surface area contributed by atoms with Crippen LogP contribution in [0, 0.1) is 19.8 Å². The van der Waals surface area contributed by atoms with Gasteiger partial charge in [0.2, 0.25) is 5.91 Å². The maximum absolute atomic E-state index is 12.7. The van der Waals surface area contributed by atoms with Crippen molar-refractivity contribution >= 4 is 5.91 Å². The van der Waals surface area contributed by atoms with E-state index in [1.807, 2.05) is 30.9 Å². The van der Waals surface area contributed by atoms with Crippen molar-refractivity contribution in [3.63, 3.8) is 0 Å². The first kappa shape index (κ1) is 21.1. The molecule has 0 radical (unpaired) electrons. The minimum absolute atomic E-state index is 0.173. The third kappa shape index (κ3) is 5.51. The predicted octanol–water partition coefficient (Wildman–Crippen LogP) is 4.29. The van der Waals surface area contributed by atoms with Crippen molar-refractivity contribution in [2.45, 2.75) is 46.1 Å². The van der Waals surface area contributed by atoms with Crippen molar-refractivity contribution in [2.24, 2.45) is 5.92 Å². The average molecular weight is 420 g/mol. The predicted molar refractivity (Wildman–Crippen MR) is 118 cm³/mol. The fraction of sp³-hybridized carbons (Fsp3) is 0.400. The van der Waals surface area contributed by atoms with Gasteiger partial charge in [-0.15, -0.1) is 0 Å². The number of ether oxygens (including phenoxy) is 1. The molecule has 1 amide bonds. The zero-order valence-corrected chi connectivity index (χ0v) is 18.2. The van der Waals surface area contributed by atoms with Gasteiger partial charge in [-0.3, -0.25) is 9.78 Å². The lowest BCUT2D eigenvalue weighted by Gasteiger charge is -2.32. The molecule has 1 saturated heterocycles. The molecule has 2 aromatic heterocycles. The molecule has 3 heterocycles. The Kier molecular flexibility index (Phi) is 6.65. The van der Waals surface area contributed by atoms with E-state index in [0.717, 1.165) is 60.7 Å². The molecule has 1 fully saturated rings. The van der Waals surface area contributed by atoms with E-state index in [1.165, 1.54) is 5.56 Å². The molecule has 0 saturated carbocycles. The summed E-state index contributed by atoms with van der Waals surface area (Å²) in [7, 11) is 0. The maximum atomic E-state index is 12.7. The largest absolute Gasteiger partial charge is 0.489 e. The Morgan fingerprint density at radius 3 is 2.39 bits per heavy atom. The van der Waals surface area contributed by atoms with Gasteiger partial charge in [-0.1, -0.05) is 29.4 Å². The summed E-state index contributed by atoms with van der Waals surface area (Å²) in [5.74, 6) is 2.36. The molecule has 31 heavy (non-hydrogen) atoms. The number of piperidine rings is 1. The highest BCUT2D eigenvalue weighted by Crippen LogP contribution is 2.23. The van der Waals surface area contributed by atoms with E-state index < -0.39 is 0 Å². The standard InChI is InChI=1S/C25H29N3O3/c1-18-24(19(2)31-27-18)16-25(29)28-13-9-21(10-14-28)15-20-3-5-22(6-4-20)17-30-23-7-11-26-12-8-23/h3-8,11-12,21H,9-10,13-17H2,1-2H3. The quantitative estimate of drug-likeness (QED) is 0.571. The molecule has 1 aliphatic heterocycles. The van der Waals surface area contributed by atoms with Gasteiger partial charge in [-0.2, -0.15) is 0 Å². The lowest BCUT2D eigenvalue weighted by molar-refractivity contribution is -0.131. The van der Waals surface area contributed by atoms with Crippen LogP contribution >= 0.6 is 0 Å². The van der Waals surface area contributed by atoms with Gasteiger partial charge >= 0.3 is 0 Å². The smallest absolute Gasteiger partial charge is 0.227 e. The molecule has 0 aliphatic carbocycles. The van der Waals surface area contributed by atoms with Crippen LogP contribution in [0.2, 0.25) is 0 Å². The van der Waals surface area contributed by atoms with Gasteiger partial charge in [-0.05, 0) is 62.3 Å². The summed E-state index contributed by atoms with van der Waals surface area (Å²) in [6.07, 6.45) is 6.98. The number of aromatic nitrogens is 2. The van der Waals surface area contributed by atoms with Gasteiger partial charge in [0.05, 0.1) is 12.1 Å². The van der Waals surface area contributed by atoms with Gasteiger partial charge in [-0.25, -0.2) is 0 Å². The summed E-state index contributed by atoms with van der Waals surface area (Å²) in [5.41, 5.74) is 4.24. The van der Waals surface area contributed by atoms with Crippen molar-refractivity contribution in [3.05, 3.63) is 76.9 Å². The van der Waals surface area contributed by atoms with Crippen molar-refractivity contribution < 1.29 is 14.1 Å². The number of aryl methyl sites for hydroxylation is 2. The topological polar surface area (TPSA) is 68.5 Å². The number of carbonyl (C=O) groups excluding carboxylic acids is 1. The second-order valence-electron chi connectivity index (χ2n) is 8.30. The number of benzene rings is 1. The van der Waals surface area contributed by atoms with Crippen LogP contribution in [0.5, 0.6) is 5.75 Å². The molecule has 1 aromatic carbocycles. The Morgan fingerprint density at radius 2 is 1.74 bits per heavy atom. The third-order valence-electron chi connectivity index (χ3n) is 6.08. The van der Waals surface area contributed by atoms with E-state index in [-0.39, 0.29) is 5.91 Å². The lowest BCUT2D eigenvalue weighted by atomic mass is 9.89. The van der Waals surface area contributed by atoms with E-state index in [9.17, 15) is 4.79 Å². The zero-order valence-electron chi connectivity index (χ0n) is 18.2. The molecule has 0 atom stereocenters. The number of hydrogen-bond donors (Lipinski definition) is 0. The molecule has 0 unspecified atom stereocenters. The van der Waals surface area contributed by atoms with Gasteiger partial charge < -0.3 is 14.2 Å². The molecule has 0 bridgehead atoms. The normalized spacial score (nSPS) is 14.6. The van der Waals surface area contributed by atoms with Crippen LogP contribution in [-0.2, 0) is 24.2 Å². The van der Waals surface area contributed by atoms with Gasteiger partial charge in [0.1, 0.15) is 18.1 Å². The molecule has 0 spiro atoms. The van der Waals surface area contributed by atoms with Crippen LogP contribution in [0.1, 0.15) is 41.0 Å². The minimum Gasteiger partial charge on any atom is -0.489 e. The summed E-state index contributed by atoms with van der Waals surface area (Å²) >= 11 is 0. The number of nitrogens with zero attached hydrogens (tertiary/aromatic N) is 3. The number of carbonyl (C=O) groups is 1. The Morgan fingerprint density at radius 1 is 1.06 bits per heavy atom. The number of likely N-dealkylation sites (tertiary alicyclic amines) is 1. The monoisotopic (exact) mass is 419 g/mol. The van der Waals surface area contributed by atoms with Crippen LogP contribution in [0.25, 0.3) is 0 Å². The van der Waals surface area contributed by atoms with E-state index in [0.29, 0.717) is 18.9 Å². The van der Waals surface area contributed by atoms with Crippen molar-refractivity contribution in [3.8, 4) is 5.75 Å². The highest BCUT2D eigenvalue weighted by atomic mass is 16.5. The Hall–Kier alpha value is -3.15. The summed E-state index contributed by atoms with van der Waals surface area (Å²) < 4.78 is 11.0. The summed E-state index contributed by atoms with van der Waals surface area (Å²) in [6.45, 7) is 5.96. The van der Waals surface area contributed by atoms with Crippen molar-refractivity contribution in [1.29, 1.82) is 0 Å². The van der Waals surface area contributed by atoms with E-state index in [4.69, 9.17) is 9.26 Å². The summed E-state index contributed by atoms with van der Waals surface area (Å²) in [4.78, 5) is 18.7. The number of pyridine rings is 1. The molecule has 162 valence electrons. The molecule has 3 aromatic rings. The second-order valence-corrected chi connectivity index (χ2v) is 8.30. The minimum atomic E-state index is 0.173. The van der Waals surface area contributed by atoms with E-state index in [1.54, 1.807) is 12.4 Å². The van der Waals surface area contributed by atoms with Crippen molar-refractivity contribution in [1.82, 2.24) is 15.0 Å². The highest BCUT2D eigenvalue weighted by molar-refractivity contribution is 5.79. The molecular formula is C25H29N3O3. The Labute approximate surface area is 183 Å². The first-order valence-corrected chi connectivity index (χ1v) is 10.9. The number of amides is 1. The first-order valence-electron chi connectivity index (χ1n) is 10.9. The lowest BCUT2D eigenvalue weighted by Crippen LogP contribution is -2.39. The Bertz CT molecular complexity index is 971. The highest BCUT2D eigenvalue weighted by Gasteiger charge is 2.24. The van der Waals surface area contributed by atoms with E-state index >= 15 is 0 Å². The molecule has 4 rings (SSSR count). The maximum Gasteiger partial charge on any atom is 0.227 e. The van der Waals surface area contributed by atoms with Gasteiger partial charge in [0.25, 0.3) is 0 Å². The van der Waals surface area contributed by atoms with Crippen LogP contribution < -0.4 is 4.74 Å². The van der Waals surface area contributed by atoms with Crippen LogP contribution in [0.3, 0.4) is 0 Å². The second kappa shape index (κ2) is 9.77. The van der Waals surface area contributed by atoms with Crippen LogP contribution in [-0.4, -0.2) is 34.0 Å². The fourth-order valence-electron chi connectivity index (χ4n) is 4.11. The zero-order chi connectivity index (χ0) is 21.6. The number of rotatable bonds is 7. The SMILES string of the molecule is Cc1noc(C)c1CC(=O)N1CCC(Cc2ccc(COc3ccncc3)cc2)CC1. The molecule has 0 N–H and O–H groups in total. The number of hydrogen-bond acceptors (Lipinski definition) is 5. The first-order chi connectivity index (χ1) is 15.1. The van der Waals surface area contributed by atoms with Gasteiger partial charge in [0, 0.05) is 31.0 Å². The third-order valence-corrected chi connectivity index (χ3v) is 6.08. The molecular weight excluding hydrogens is 390 g/mol. The summed E-state index contributed by atoms with van der Waals surface area (Å²) in [6, 6.07) is 12.4. The molecule has 6 heteroatoms. The van der Waals surface area contributed by atoms with E-state index in [2.05, 4.69) is 34.4 Å². The molecule has 1 aliphatic rings. The molecule has 6 nitrogen and oxygen atoms in total. The fourth-order valence-corrected chi connectivity index (χ4v) is 4.11. The van der Waals surface area contributed by atoms with Gasteiger partial charge in [0.15, 0.2) is 0 Å². The Balaban J connectivity index is 1.23. The summed E-state index contributed by atoms with van der Waals surface area (Å²) in [5, 5.41) is 3.95. The van der Waals surface area contributed by atoms with Crippen molar-refractivity contribution in [2.75, 3.05) is 13.1 Å².